The number of amides is 1. The Morgan fingerprint density at radius 3 is 2.80 bits per heavy atom. The topological polar surface area (TPSA) is 48.0 Å². The molecule has 0 bridgehead atoms. The average Bonchev–Trinajstić information content (AvgIpc) is 2.60. The van der Waals surface area contributed by atoms with Crippen LogP contribution in [-0.4, -0.2) is 43.7 Å². The Balaban J connectivity index is 1.51. The number of rotatable bonds is 5. The fraction of sp³-hybridized carbons (Fsp3) is 0.316. The highest BCUT2D eigenvalue weighted by Crippen LogP contribution is 2.31. The smallest absolute Gasteiger partial charge is 0.260 e. The van der Waals surface area contributed by atoms with Crippen LogP contribution in [0.3, 0.4) is 0 Å². The number of likely N-dealkylation sites (N-methyl/N-ethyl adjacent to an activating group) is 1. The van der Waals surface area contributed by atoms with Crippen molar-refractivity contribution in [1.82, 2.24) is 4.90 Å². The van der Waals surface area contributed by atoms with E-state index >= 15 is 0 Å². The van der Waals surface area contributed by atoms with E-state index in [-0.39, 0.29) is 18.6 Å². The van der Waals surface area contributed by atoms with Crippen LogP contribution in [0.15, 0.2) is 42.5 Å². The second-order valence-corrected chi connectivity index (χ2v) is 6.41. The molecule has 1 aliphatic rings. The average molecular weight is 362 g/mol. The summed E-state index contributed by atoms with van der Waals surface area (Å²) in [6, 6.07) is 12.8. The van der Waals surface area contributed by atoms with Crippen molar-refractivity contribution in [2.75, 3.05) is 26.8 Å². The van der Waals surface area contributed by atoms with Crippen molar-refractivity contribution in [2.24, 2.45) is 0 Å². The van der Waals surface area contributed by atoms with E-state index in [1.807, 2.05) is 31.2 Å². The molecule has 2 aromatic rings. The number of aryl methyl sites for hydroxylation is 1. The summed E-state index contributed by atoms with van der Waals surface area (Å²) in [6.07, 6.45) is -0.207. The summed E-state index contributed by atoms with van der Waals surface area (Å²) in [5.41, 5.74) is 0.892. The van der Waals surface area contributed by atoms with E-state index in [2.05, 4.69) is 0 Å². The van der Waals surface area contributed by atoms with Gasteiger partial charge in [-0.25, -0.2) is 0 Å². The number of ether oxygens (including phenoxy) is 3. The molecule has 0 aliphatic carbocycles. The predicted molar refractivity (Wildman–Crippen MR) is 95.7 cm³/mol. The maximum Gasteiger partial charge on any atom is 0.260 e. The maximum atomic E-state index is 12.3. The summed E-state index contributed by atoms with van der Waals surface area (Å²) in [7, 11) is 1.73. The lowest BCUT2D eigenvalue weighted by Crippen LogP contribution is -2.43. The number of fused-ring (bicyclic) bond motifs is 1. The minimum Gasteiger partial charge on any atom is -0.486 e. The molecule has 1 heterocycles. The highest BCUT2D eigenvalue weighted by molar-refractivity contribution is 6.30. The number of carbonyl (C=O) groups excluding carboxylic acids is 1. The quantitative estimate of drug-likeness (QED) is 0.819. The van der Waals surface area contributed by atoms with E-state index in [4.69, 9.17) is 25.8 Å². The van der Waals surface area contributed by atoms with Crippen LogP contribution in [-0.2, 0) is 4.79 Å². The molecule has 0 saturated carbocycles. The Morgan fingerprint density at radius 1 is 1.28 bits per heavy atom. The lowest BCUT2D eigenvalue weighted by Gasteiger charge is -2.29. The van der Waals surface area contributed by atoms with Crippen LogP contribution in [0.5, 0.6) is 17.2 Å². The second-order valence-electron chi connectivity index (χ2n) is 5.97. The highest BCUT2D eigenvalue weighted by atomic mass is 35.5. The summed E-state index contributed by atoms with van der Waals surface area (Å²) in [5, 5.41) is 0.642. The number of halogens is 1. The molecule has 25 heavy (non-hydrogen) atoms. The van der Waals surface area contributed by atoms with Crippen LogP contribution in [0, 0.1) is 6.92 Å². The molecule has 1 aliphatic heterocycles. The van der Waals surface area contributed by atoms with Gasteiger partial charge < -0.3 is 19.1 Å². The molecule has 0 radical (unpaired) electrons. The van der Waals surface area contributed by atoms with E-state index in [9.17, 15) is 4.79 Å². The second kappa shape index (κ2) is 7.66. The number of benzene rings is 2. The van der Waals surface area contributed by atoms with E-state index in [1.54, 1.807) is 30.1 Å². The SMILES string of the molecule is Cc1cc(Cl)ccc1OCC(=O)N(C)C[C@@H]1COc2ccccc2O1. The van der Waals surface area contributed by atoms with Crippen molar-refractivity contribution < 1.29 is 19.0 Å². The van der Waals surface area contributed by atoms with Crippen molar-refractivity contribution in [3.05, 3.63) is 53.1 Å². The fourth-order valence-electron chi connectivity index (χ4n) is 2.58. The van der Waals surface area contributed by atoms with Crippen LogP contribution < -0.4 is 14.2 Å². The van der Waals surface area contributed by atoms with Gasteiger partial charge >= 0.3 is 0 Å². The molecule has 0 N–H and O–H groups in total. The van der Waals surface area contributed by atoms with Gasteiger partial charge in [0.1, 0.15) is 12.4 Å². The van der Waals surface area contributed by atoms with Gasteiger partial charge in [-0.2, -0.15) is 0 Å². The molecule has 0 unspecified atom stereocenters. The maximum absolute atomic E-state index is 12.3. The van der Waals surface area contributed by atoms with E-state index in [1.165, 1.54) is 0 Å². The Kier molecular flexibility index (Phi) is 5.34. The highest BCUT2D eigenvalue weighted by Gasteiger charge is 2.23. The van der Waals surface area contributed by atoms with Gasteiger partial charge in [-0.3, -0.25) is 4.79 Å². The molecule has 2 aromatic carbocycles. The minimum atomic E-state index is -0.207. The molecule has 5 nitrogen and oxygen atoms in total. The number of hydrogen-bond acceptors (Lipinski definition) is 4. The van der Waals surface area contributed by atoms with Gasteiger partial charge in [0, 0.05) is 12.1 Å². The third-order valence-corrected chi connectivity index (χ3v) is 4.19. The molecule has 1 amide bonds. The first-order chi connectivity index (χ1) is 12.0. The normalized spacial score (nSPS) is 15.6. The first-order valence-corrected chi connectivity index (χ1v) is 8.42. The molecule has 0 aromatic heterocycles. The Bertz CT molecular complexity index is 765. The Labute approximate surface area is 152 Å². The minimum absolute atomic E-state index is 0.0386. The zero-order chi connectivity index (χ0) is 17.8. The van der Waals surface area contributed by atoms with Crippen molar-refractivity contribution in [2.45, 2.75) is 13.0 Å². The molecule has 0 fully saturated rings. The van der Waals surface area contributed by atoms with Crippen LogP contribution in [0.25, 0.3) is 0 Å². The molecular formula is C19H20ClNO4. The van der Waals surface area contributed by atoms with Gasteiger partial charge in [0.2, 0.25) is 0 Å². The molecule has 6 heteroatoms. The summed E-state index contributed by atoms with van der Waals surface area (Å²) in [4.78, 5) is 13.9. The first-order valence-electron chi connectivity index (χ1n) is 8.04. The molecule has 3 rings (SSSR count). The zero-order valence-corrected chi connectivity index (χ0v) is 15.0. The Hall–Kier alpha value is -2.40. The van der Waals surface area contributed by atoms with Gasteiger partial charge in [-0.05, 0) is 42.8 Å². The Morgan fingerprint density at radius 2 is 2.04 bits per heavy atom. The van der Waals surface area contributed by atoms with Gasteiger partial charge in [0.25, 0.3) is 5.91 Å². The molecule has 0 saturated heterocycles. The number of nitrogens with zero attached hydrogens (tertiary/aromatic N) is 1. The lowest BCUT2D eigenvalue weighted by atomic mass is 10.2. The fourth-order valence-corrected chi connectivity index (χ4v) is 2.81. The first kappa shape index (κ1) is 17.4. The molecule has 1 atom stereocenters. The lowest BCUT2D eigenvalue weighted by molar-refractivity contribution is -0.133. The van der Waals surface area contributed by atoms with Gasteiger partial charge in [0.05, 0.1) is 6.54 Å². The van der Waals surface area contributed by atoms with Crippen molar-refractivity contribution in [3.8, 4) is 17.2 Å². The summed E-state index contributed by atoms with van der Waals surface area (Å²) in [5.74, 6) is 1.95. The standard InChI is InChI=1S/C19H20ClNO4/c1-13-9-14(20)7-8-16(13)24-12-19(22)21(2)10-15-11-23-17-5-3-4-6-18(17)25-15/h3-9,15H,10-12H2,1-2H3/t15-/m1/s1. The van der Waals surface area contributed by atoms with Crippen molar-refractivity contribution >= 4 is 17.5 Å². The van der Waals surface area contributed by atoms with Crippen molar-refractivity contribution in [3.63, 3.8) is 0 Å². The zero-order valence-electron chi connectivity index (χ0n) is 14.2. The largest absolute Gasteiger partial charge is 0.486 e. The summed E-state index contributed by atoms with van der Waals surface area (Å²) >= 11 is 5.92. The van der Waals surface area contributed by atoms with Crippen LogP contribution in [0.4, 0.5) is 0 Å². The molecule has 0 spiro atoms. The van der Waals surface area contributed by atoms with Crippen LogP contribution in [0.1, 0.15) is 5.56 Å². The molecular weight excluding hydrogens is 342 g/mol. The number of hydrogen-bond donors (Lipinski definition) is 0. The summed E-state index contributed by atoms with van der Waals surface area (Å²) in [6.45, 7) is 2.69. The van der Waals surface area contributed by atoms with E-state index < -0.39 is 0 Å². The summed E-state index contributed by atoms with van der Waals surface area (Å²) < 4.78 is 17.1. The van der Waals surface area contributed by atoms with Crippen molar-refractivity contribution in [1.29, 1.82) is 0 Å². The number of para-hydroxylation sites is 2. The third kappa shape index (κ3) is 4.37. The monoisotopic (exact) mass is 361 g/mol. The van der Waals surface area contributed by atoms with E-state index in [0.29, 0.717) is 29.7 Å². The third-order valence-electron chi connectivity index (χ3n) is 3.96. The van der Waals surface area contributed by atoms with Gasteiger partial charge in [-0.1, -0.05) is 23.7 Å². The van der Waals surface area contributed by atoms with Gasteiger partial charge in [-0.15, -0.1) is 0 Å². The van der Waals surface area contributed by atoms with E-state index in [0.717, 1.165) is 11.3 Å². The van der Waals surface area contributed by atoms with Crippen LogP contribution in [0.2, 0.25) is 5.02 Å². The number of carbonyl (C=O) groups is 1. The predicted octanol–water partition coefficient (Wildman–Crippen LogP) is 3.33. The van der Waals surface area contributed by atoms with Crippen LogP contribution >= 0.6 is 11.6 Å². The molecule has 132 valence electrons. The van der Waals surface area contributed by atoms with Gasteiger partial charge in [0.15, 0.2) is 24.2 Å².